The van der Waals surface area contributed by atoms with Crippen molar-refractivity contribution in [1.82, 2.24) is 30.7 Å². The lowest BCUT2D eigenvalue weighted by Gasteiger charge is -2.36. The summed E-state index contributed by atoms with van der Waals surface area (Å²) >= 11 is 0. The summed E-state index contributed by atoms with van der Waals surface area (Å²) in [6, 6.07) is 2.65. The average Bonchev–Trinajstić information content (AvgIpc) is 3.83. The van der Waals surface area contributed by atoms with E-state index in [0.29, 0.717) is 24.5 Å². The molecule has 3 heterocycles. The summed E-state index contributed by atoms with van der Waals surface area (Å²) in [7, 11) is 1.42. The number of esters is 1. The van der Waals surface area contributed by atoms with Crippen molar-refractivity contribution in [3.05, 3.63) is 70.8 Å². The van der Waals surface area contributed by atoms with Crippen molar-refractivity contribution in [3.63, 3.8) is 0 Å². The van der Waals surface area contributed by atoms with Crippen LogP contribution < -0.4 is 16.0 Å². The van der Waals surface area contributed by atoms with Gasteiger partial charge in [0, 0.05) is 32.6 Å². The Kier molecular flexibility index (Phi) is 12.9. The van der Waals surface area contributed by atoms with Gasteiger partial charge in [0.2, 0.25) is 35.4 Å². The lowest BCUT2D eigenvalue weighted by atomic mass is 10.0. The Bertz CT molecular complexity index is 1810. The van der Waals surface area contributed by atoms with E-state index in [1.54, 1.807) is 12.1 Å². The SMILES string of the molecule is Cc1ccc(CC(=O)N[C@@H](Cc2cc(F)cc(F)c2)C(=O)N[C@@H]2C(=O)N3CCCC3C(=O)N(C)[C@@H](C)C(=O)N[C@@H](C)C(=O)N3CCCC3C(=O)O[C@H]2C)cc1. The van der Waals surface area contributed by atoms with Crippen molar-refractivity contribution in [2.45, 2.75) is 109 Å². The van der Waals surface area contributed by atoms with Crippen LogP contribution in [0.2, 0.25) is 0 Å². The number of likely N-dealkylation sites (N-methyl/N-ethyl adjacent to an activating group) is 1. The number of hydrogen-bond acceptors (Lipinski definition) is 8. The molecule has 2 aromatic rings. The number of nitrogens with one attached hydrogen (secondary N) is 3. The van der Waals surface area contributed by atoms with Gasteiger partial charge < -0.3 is 35.4 Å². The maximum absolute atomic E-state index is 14.5. The molecule has 3 aliphatic rings. The van der Waals surface area contributed by atoms with Gasteiger partial charge in [-0.25, -0.2) is 13.6 Å². The minimum absolute atomic E-state index is 0.0451. The van der Waals surface area contributed by atoms with Gasteiger partial charge in [-0.1, -0.05) is 29.8 Å². The van der Waals surface area contributed by atoms with Crippen LogP contribution in [0.4, 0.5) is 8.78 Å². The van der Waals surface area contributed by atoms with Gasteiger partial charge in [0.05, 0.1) is 6.42 Å². The highest BCUT2D eigenvalue weighted by Crippen LogP contribution is 2.25. The van der Waals surface area contributed by atoms with Gasteiger partial charge in [0.15, 0.2) is 0 Å². The van der Waals surface area contributed by atoms with Gasteiger partial charge in [-0.05, 0) is 76.6 Å². The molecule has 14 nitrogen and oxygen atoms in total. The Labute approximate surface area is 318 Å². The van der Waals surface area contributed by atoms with Crippen molar-refractivity contribution in [1.29, 1.82) is 0 Å². The molecule has 0 radical (unpaired) electrons. The highest BCUT2D eigenvalue weighted by atomic mass is 19.1. The third-order valence-electron chi connectivity index (χ3n) is 10.5. The lowest BCUT2D eigenvalue weighted by molar-refractivity contribution is -0.162. The predicted molar refractivity (Wildman–Crippen MR) is 194 cm³/mol. The molecule has 2 unspecified atom stereocenters. The normalized spacial score (nSPS) is 25.9. The first-order chi connectivity index (χ1) is 26.0. The fraction of sp³-hybridized carbons (Fsp3) is 0.513. The summed E-state index contributed by atoms with van der Waals surface area (Å²) in [6.07, 6.45) is -0.479. The molecule has 0 bridgehead atoms. The monoisotopic (exact) mass is 766 g/mol. The van der Waals surface area contributed by atoms with E-state index in [4.69, 9.17) is 4.74 Å². The highest BCUT2D eigenvalue weighted by molar-refractivity contribution is 5.97. The molecule has 0 aliphatic carbocycles. The maximum Gasteiger partial charge on any atom is 0.329 e. The zero-order chi connectivity index (χ0) is 40.1. The average molecular weight is 767 g/mol. The smallest absolute Gasteiger partial charge is 0.329 e. The molecular formula is C39H48F2N6O8. The van der Waals surface area contributed by atoms with Gasteiger partial charge in [-0.3, -0.25) is 28.8 Å². The molecule has 3 N–H and O–H groups in total. The van der Waals surface area contributed by atoms with Gasteiger partial charge in [-0.2, -0.15) is 0 Å². The molecule has 0 aromatic heterocycles. The van der Waals surface area contributed by atoms with Crippen molar-refractivity contribution in [3.8, 4) is 0 Å². The van der Waals surface area contributed by atoms with Crippen molar-refractivity contribution < 1.29 is 47.1 Å². The summed E-state index contributed by atoms with van der Waals surface area (Å²) in [6.45, 7) is 6.57. The van der Waals surface area contributed by atoms with Gasteiger partial charge in [0.25, 0.3) is 0 Å². The van der Waals surface area contributed by atoms with E-state index in [9.17, 15) is 42.3 Å². The first-order valence-electron chi connectivity index (χ1n) is 18.5. The van der Waals surface area contributed by atoms with Crippen LogP contribution in [0, 0.1) is 18.6 Å². The summed E-state index contributed by atoms with van der Waals surface area (Å²) < 4.78 is 34.3. The number of cyclic esters (lactones) is 1. The van der Waals surface area contributed by atoms with E-state index in [1.807, 2.05) is 19.1 Å². The third-order valence-corrected chi connectivity index (χ3v) is 10.5. The van der Waals surface area contributed by atoms with E-state index in [-0.39, 0.29) is 44.3 Å². The van der Waals surface area contributed by atoms with Gasteiger partial charge in [-0.15, -0.1) is 0 Å². The fourth-order valence-corrected chi connectivity index (χ4v) is 7.26. The van der Waals surface area contributed by atoms with Crippen LogP contribution in [0.5, 0.6) is 0 Å². The van der Waals surface area contributed by atoms with Crippen LogP contribution in [-0.2, 0) is 51.1 Å². The number of ether oxygens (including phenoxy) is 1. The first kappa shape index (κ1) is 40.8. The summed E-state index contributed by atoms with van der Waals surface area (Å²) in [4.78, 5) is 99.9. The van der Waals surface area contributed by atoms with Crippen LogP contribution in [0.1, 0.15) is 63.1 Å². The van der Waals surface area contributed by atoms with Gasteiger partial charge in [0.1, 0.15) is 54.0 Å². The predicted octanol–water partition coefficient (Wildman–Crippen LogP) is 1.31. The topological polar surface area (TPSA) is 175 Å². The number of rotatable bonds is 7. The molecule has 3 saturated heterocycles. The molecular weight excluding hydrogens is 718 g/mol. The number of halogens is 2. The molecule has 2 aromatic carbocycles. The molecule has 55 heavy (non-hydrogen) atoms. The van der Waals surface area contributed by atoms with Gasteiger partial charge >= 0.3 is 5.97 Å². The minimum Gasteiger partial charge on any atom is -0.458 e. The Morgan fingerprint density at radius 1 is 0.855 bits per heavy atom. The van der Waals surface area contributed by atoms with Crippen LogP contribution in [0.25, 0.3) is 0 Å². The molecule has 16 heteroatoms. The fourth-order valence-electron chi connectivity index (χ4n) is 7.26. The number of carbonyl (C=O) groups excluding carboxylic acids is 7. The zero-order valence-corrected chi connectivity index (χ0v) is 31.6. The van der Waals surface area contributed by atoms with Crippen LogP contribution in [0.15, 0.2) is 42.5 Å². The standard InChI is InChI=1S/C39H48F2N6O8/c1-21-10-12-25(13-11-21)19-32(48)43-29(18-26-16-27(40)20-28(41)17-26)35(50)44-33-24(4)55-39(54)31-9-7-15-47(31)36(51)22(2)42-34(49)23(3)45(5)37(52)30-8-6-14-46(30)38(33)53/h10-13,16-17,20,22-24,29-31,33H,6-9,14-15,18-19H2,1-5H3,(H,42,49)(H,43,48)(H,44,50)/t22-,23-,24-,29-,30?,31?,33-/m0/s1. The van der Waals surface area contributed by atoms with Crippen molar-refractivity contribution in [2.75, 3.05) is 20.1 Å². The molecule has 0 spiro atoms. The molecule has 3 aliphatic heterocycles. The Balaban J connectivity index is 1.48. The second-order valence-electron chi connectivity index (χ2n) is 14.6. The summed E-state index contributed by atoms with van der Waals surface area (Å²) in [5, 5.41) is 7.88. The first-order valence-corrected chi connectivity index (χ1v) is 18.5. The zero-order valence-electron chi connectivity index (χ0n) is 31.6. The Hall–Kier alpha value is -5.41. The summed E-state index contributed by atoms with van der Waals surface area (Å²) in [5.74, 6) is -6.60. The number of hydrogen-bond donors (Lipinski definition) is 3. The molecule has 3 fully saturated rings. The molecule has 296 valence electrons. The highest BCUT2D eigenvalue weighted by Gasteiger charge is 2.45. The van der Waals surface area contributed by atoms with Crippen LogP contribution in [0.3, 0.4) is 0 Å². The largest absolute Gasteiger partial charge is 0.458 e. The molecule has 6 amide bonds. The second kappa shape index (κ2) is 17.4. The number of nitrogens with zero attached hydrogens (tertiary/aromatic N) is 3. The van der Waals surface area contributed by atoms with E-state index in [0.717, 1.165) is 17.7 Å². The maximum atomic E-state index is 14.5. The van der Waals surface area contributed by atoms with E-state index in [1.165, 1.54) is 42.5 Å². The van der Waals surface area contributed by atoms with E-state index in [2.05, 4.69) is 16.0 Å². The van der Waals surface area contributed by atoms with E-state index < -0.39 is 95.4 Å². The van der Waals surface area contributed by atoms with E-state index >= 15 is 0 Å². The van der Waals surface area contributed by atoms with Crippen molar-refractivity contribution in [2.24, 2.45) is 0 Å². The minimum atomic E-state index is -1.60. The Morgan fingerprint density at radius 3 is 2.09 bits per heavy atom. The quantitative estimate of drug-likeness (QED) is 0.354. The number of aryl methyl sites for hydroxylation is 1. The van der Waals surface area contributed by atoms with Crippen molar-refractivity contribution >= 4 is 41.4 Å². The number of carbonyl (C=O) groups is 7. The second-order valence-corrected chi connectivity index (χ2v) is 14.6. The van der Waals surface area contributed by atoms with Crippen LogP contribution >= 0.6 is 0 Å². The lowest BCUT2D eigenvalue weighted by Crippen LogP contribution is -2.62. The Morgan fingerprint density at radius 2 is 1.45 bits per heavy atom. The summed E-state index contributed by atoms with van der Waals surface area (Å²) in [5.41, 5.74) is 1.66. The van der Waals surface area contributed by atoms with Crippen LogP contribution in [-0.4, -0.2) is 119 Å². The molecule has 5 rings (SSSR count). The third kappa shape index (κ3) is 9.64. The molecule has 0 saturated carbocycles. The number of benzene rings is 2. The number of fused-ring (bicyclic) bond motifs is 2. The molecule has 7 atom stereocenters. The number of amides is 6.